The minimum atomic E-state index is -0.205. The molecule has 2 nitrogen and oxygen atoms in total. The van der Waals surface area contributed by atoms with E-state index in [1.54, 1.807) is 12.1 Å². The second-order valence-corrected chi connectivity index (χ2v) is 5.91. The zero-order chi connectivity index (χ0) is 13.0. The number of nitrogens with one attached hydrogen (secondary N) is 1. The average Bonchev–Trinajstić information content (AvgIpc) is 2.34. The molecule has 1 aromatic carbocycles. The molecule has 1 aliphatic carbocycles. The number of hydrogen-bond donors (Lipinski definition) is 2. The molecule has 2 unspecified atom stereocenters. The van der Waals surface area contributed by atoms with Crippen LogP contribution in [0.4, 0.5) is 4.39 Å². The Morgan fingerprint density at radius 3 is 3.00 bits per heavy atom. The van der Waals surface area contributed by atoms with E-state index in [1.165, 1.54) is 12.5 Å². The van der Waals surface area contributed by atoms with E-state index >= 15 is 0 Å². The maximum Gasteiger partial charge on any atom is 0.123 e. The van der Waals surface area contributed by atoms with Gasteiger partial charge in [-0.15, -0.1) is 0 Å². The lowest BCUT2D eigenvalue weighted by Gasteiger charge is -2.26. The van der Waals surface area contributed by atoms with Gasteiger partial charge in [0.15, 0.2) is 0 Å². The normalized spacial score (nSPS) is 24.2. The van der Waals surface area contributed by atoms with Crippen molar-refractivity contribution in [3.05, 3.63) is 34.1 Å². The van der Waals surface area contributed by atoms with E-state index in [2.05, 4.69) is 21.2 Å². The summed E-state index contributed by atoms with van der Waals surface area (Å²) in [6.45, 7) is 1.55. The molecule has 0 spiro atoms. The van der Waals surface area contributed by atoms with Crippen LogP contribution in [0.2, 0.25) is 0 Å². The van der Waals surface area contributed by atoms with Gasteiger partial charge in [-0.25, -0.2) is 4.39 Å². The second-order valence-electron chi connectivity index (χ2n) is 5.05. The van der Waals surface area contributed by atoms with Crippen LogP contribution in [-0.4, -0.2) is 17.8 Å². The fourth-order valence-electron chi connectivity index (χ4n) is 2.54. The Labute approximate surface area is 116 Å². The highest BCUT2D eigenvalue weighted by atomic mass is 79.9. The van der Waals surface area contributed by atoms with Crippen molar-refractivity contribution in [1.29, 1.82) is 0 Å². The third-order valence-electron chi connectivity index (χ3n) is 3.51. The maximum atomic E-state index is 13.1. The molecule has 0 heterocycles. The zero-order valence-corrected chi connectivity index (χ0v) is 11.9. The molecule has 18 heavy (non-hydrogen) atoms. The van der Waals surface area contributed by atoms with Gasteiger partial charge in [-0.2, -0.15) is 0 Å². The van der Waals surface area contributed by atoms with Gasteiger partial charge in [0.2, 0.25) is 0 Å². The van der Waals surface area contributed by atoms with E-state index in [0.717, 1.165) is 35.8 Å². The molecule has 0 saturated heterocycles. The first-order valence-electron chi connectivity index (χ1n) is 6.48. The quantitative estimate of drug-likeness (QED) is 0.894. The first-order valence-corrected chi connectivity index (χ1v) is 7.27. The van der Waals surface area contributed by atoms with Gasteiger partial charge in [-0.3, -0.25) is 0 Å². The third kappa shape index (κ3) is 4.04. The first-order chi connectivity index (χ1) is 8.65. The number of aliphatic hydroxyl groups is 1. The molecule has 0 aromatic heterocycles. The van der Waals surface area contributed by atoms with Crippen LogP contribution in [-0.2, 0) is 6.54 Å². The number of hydrogen-bond acceptors (Lipinski definition) is 2. The summed E-state index contributed by atoms with van der Waals surface area (Å²) < 4.78 is 14.0. The van der Waals surface area contributed by atoms with Gasteiger partial charge in [-0.1, -0.05) is 22.4 Å². The SMILES string of the molecule is OC1CCCC(CNCc2cc(F)ccc2Br)C1. The van der Waals surface area contributed by atoms with Gasteiger partial charge in [-0.05, 0) is 55.5 Å². The largest absolute Gasteiger partial charge is 0.393 e. The second kappa shape index (κ2) is 6.64. The molecular formula is C14H19BrFNO. The standard InChI is InChI=1S/C14H19BrFNO/c15-14-5-4-12(16)7-11(14)9-17-8-10-2-1-3-13(18)6-10/h4-5,7,10,13,17-18H,1-3,6,8-9H2. The summed E-state index contributed by atoms with van der Waals surface area (Å²) in [7, 11) is 0. The van der Waals surface area contributed by atoms with E-state index in [-0.39, 0.29) is 11.9 Å². The number of aliphatic hydroxyl groups excluding tert-OH is 1. The van der Waals surface area contributed by atoms with Gasteiger partial charge in [0.1, 0.15) is 5.82 Å². The van der Waals surface area contributed by atoms with Crippen molar-refractivity contribution in [3.63, 3.8) is 0 Å². The van der Waals surface area contributed by atoms with Gasteiger partial charge < -0.3 is 10.4 Å². The molecule has 1 aliphatic rings. The molecule has 1 fully saturated rings. The summed E-state index contributed by atoms with van der Waals surface area (Å²) in [5.74, 6) is 0.337. The van der Waals surface area contributed by atoms with E-state index < -0.39 is 0 Å². The van der Waals surface area contributed by atoms with Crippen LogP contribution in [0.3, 0.4) is 0 Å². The summed E-state index contributed by atoms with van der Waals surface area (Å²) >= 11 is 3.42. The Kier molecular flexibility index (Phi) is 5.15. The Balaban J connectivity index is 1.79. The lowest BCUT2D eigenvalue weighted by atomic mass is 9.87. The lowest BCUT2D eigenvalue weighted by molar-refractivity contribution is 0.101. The highest BCUT2D eigenvalue weighted by Gasteiger charge is 2.19. The maximum absolute atomic E-state index is 13.1. The van der Waals surface area contributed by atoms with Gasteiger partial charge in [0.25, 0.3) is 0 Å². The van der Waals surface area contributed by atoms with Crippen molar-refractivity contribution in [2.24, 2.45) is 5.92 Å². The van der Waals surface area contributed by atoms with Crippen molar-refractivity contribution in [2.75, 3.05) is 6.54 Å². The van der Waals surface area contributed by atoms with Crippen LogP contribution in [0, 0.1) is 11.7 Å². The average molecular weight is 316 g/mol. The van der Waals surface area contributed by atoms with Crippen LogP contribution in [0.1, 0.15) is 31.2 Å². The molecular weight excluding hydrogens is 297 g/mol. The number of rotatable bonds is 4. The molecule has 100 valence electrons. The Bertz CT molecular complexity index is 399. The molecule has 1 saturated carbocycles. The van der Waals surface area contributed by atoms with Crippen LogP contribution in [0.5, 0.6) is 0 Å². The molecule has 0 bridgehead atoms. The van der Waals surface area contributed by atoms with Crippen molar-refractivity contribution >= 4 is 15.9 Å². The molecule has 0 aliphatic heterocycles. The molecule has 2 rings (SSSR count). The van der Waals surface area contributed by atoms with E-state index in [9.17, 15) is 9.50 Å². The highest BCUT2D eigenvalue weighted by molar-refractivity contribution is 9.10. The summed E-state index contributed by atoms with van der Waals surface area (Å²) in [5, 5.41) is 12.9. The Hall–Kier alpha value is -0.450. The summed E-state index contributed by atoms with van der Waals surface area (Å²) in [5.41, 5.74) is 0.936. The summed E-state index contributed by atoms with van der Waals surface area (Å²) in [6, 6.07) is 4.73. The Morgan fingerprint density at radius 1 is 1.39 bits per heavy atom. The van der Waals surface area contributed by atoms with E-state index in [4.69, 9.17) is 0 Å². The third-order valence-corrected chi connectivity index (χ3v) is 4.28. The molecule has 2 atom stereocenters. The number of benzene rings is 1. The van der Waals surface area contributed by atoms with Crippen LogP contribution >= 0.6 is 15.9 Å². The zero-order valence-electron chi connectivity index (χ0n) is 10.3. The smallest absolute Gasteiger partial charge is 0.123 e. The minimum Gasteiger partial charge on any atom is -0.393 e. The van der Waals surface area contributed by atoms with Crippen molar-refractivity contribution in [3.8, 4) is 0 Å². The monoisotopic (exact) mass is 315 g/mol. The Morgan fingerprint density at radius 2 is 2.22 bits per heavy atom. The van der Waals surface area contributed by atoms with Gasteiger partial charge >= 0.3 is 0 Å². The van der Waals surface area contributed by atoms with E-state index in [0.29, 0.717) is 12.5 Å². The number of halogens is 2. The predicted octanol–water partition coefficient (Wildman–Crippen LogP) is 3.23. The lowest BCUT2D eigenvalue weighted by Crippen LogP contribution is -2.29. The summed E-state index contributed by atoms with van der Waals surface area (Å²) in [4.78, 5) is 0. The van der Waals surface area contributed by atoms with Gasteiger partial charge in [0.05, 0.1) is 6.10 Å². The fraction of sp³-hybridized carbons (Fsp3) is 0.571. The summed E-state index contributed by atoms with van der Waals surface area (Å²) in [6.07, 6.45) is 3.97. The van der Waals surface area contributed by atoms with E-state index in [1.807, 2.05) is 0 Å². The topological polar surface area (TPSA) is 32.3 Å². The molecule has 0 radical (unpaired) electrons. The molecule has 2 N–H and O–H groups in total. The predicted molar refractivity (Wildman–Crippen MR) is 73.8 cm³/mol. The molecule has 4 heteroatoms. The van der Waals surface area contributed by atoms with Crippen LogP contribution in [0.15, 0.2) is 22.7 Å². The molecule has 1 aromatic rings. The highest BCUT2D eigenvalue weighted by Crippen LogP contribution is 2.24. The van der Waals surface area contributed by atoms with Crippen molar-refractivity contribution < 1.29 is 9.50 Å². The molecule has 0 amide bonds. The van der Waals surface area contributed by atoms with Crippen molar-refractivity contribution in [2.45, 2.75) is 38.3 Å². The van der Waals surface area contributed by atoms with Crippen molar-refractivity contribution in [1.82, 2.24) is 5.32 Å². The van der Waals surface area contributed by atoms with Gasteiger partial charge in [0, 0.05) is 11.0 Å². The minimum absolute atomic E-state index is 0.133. The first kappa shape index (κ1) is 14.0. The fourth-order valence-corrected chi connectivity index (χ4v) is 2.92. The van der Waals surface area contributed by atoms with Crippen LogP contribution in [0.25, 0.3) is 0 Å². The van der Waals surface area contributed by atoms with Crippen LogP contribution < -0.4 is 5.32 Å².